The van der Waals surface area contributed by atoms with Crippen molar-refractivity contribution in [2.75, 3.05) is 17.2 Å². The van der Waals surface area contributed by atoms with Gasteiger partial charge in [-0.1, -0.05) is 44.9 Å². The minimum Gasteiger partial charge on any atom is -0.485 e. The fourth-order valence-electron chi connectivity index (χ4n) is 3.89. The van der Waals surface area contributed by atoms with Crippen molar-refractivity contribution in [2.45, 2.75) is 67.0 Å². The van der Waals surface area contributed by atoms with Crippen molar-refractivity contribution in [1.82, 2.24) is 9.55 Å². The summed E-state index contributed by atoms with van der Waals surface area (Å²) in [6.45, 7) is 10.7. The Bertz CT molecular complexity index is 1320. The molecule has 0 aliphatic carbocycles. The predicted molar refractivity (Wildman–Crippen MR) is 141 cm³/mol. The number of carbonyl (C=O) groups is 1. The Morgan fingerprint density at radius 3 is 2.61 bits per heavy atom. The van der Waals surface area contributed by atoms with E-state index in [4.69, 9.17) is 14.9 Å². The first-order valence-electron chi connectivity index (χ1n) is 12.4. The summed E-state index contributed by atoms with van der Waals surface area (Å²) < 4.78 is 13.0. The van der Waals surface area contributed by atoms with Crippen LogP contribution in [0.25, 0.3) is 0 Å². The molecule has 9 nitrogen and oxygen atoms in total. The van der Waals surface area contributed by atoms with Gasteiger partial charge in [-0.3, -0.25) is 24.0 Å². The monoisotopic (exact) mass is 496 g/mol. The highest BCUT2D eigenvalue weighted by atomic mass is 16.5. The Morgan fingerprint density at radius 1 is 1.19 bits per heavy atom. The van der Waals surface area contributed by atoms with E-state index < -0.39 is 17.2 Å². The first-order valence-corrected chi connectivity index (χ1v) is 12.4. The van der Waals surface area contributed by atoms with Gasteiger partial charge in [-0.25, -0.2) is 4.79 Å². The van der Waals surface area contributed by atoms with Gasteiger partial charge in [0.05, 0.1) is 0 Å². The lowest BCUT2D eigenvalue weighted by atomic mass is 10.1. The molecule has 0 bridgehead atoms. The Kier molecular flexibility index (Phi) is 8.79. The summed E-state index contributed by atoms with van der Waals surface area (Å²) >= 11 is 0. The molecule has 2 heterocycles. The van der Waals surface area contributed by atoms with Gasteiger partial charge in [0.1, 0.15) is 23.9 Å². The second kappa shape index (κ2) is 11.8. The molecule has 0 spiro atoms. The topological polar surface area (TPSA) is 124 Å². The Morgan fingerprint density at radius 2 is 1.94 bits per heavy atom. The number of anilines is 2. The Labute approximate surface area is 210 Å². The van der Waals surface area contributed by atoms with Crippen LogP contribution in [0.3, 0.4) is 0 Å². The number of rotatable bonds is 11. The van der Waals surface area contributed by atoms with E-state index in [0.717, 1.165) is 23.3 Å². The predicted octanol–water partition coefficient (Wildman–Crippen LogP) is 4.40. The number of aromatic nitrogens is 2. The van der Waals surface area contributed by atoms with Crippen molar-refractivity contribution in [3.05, 3.63) is 73.8 Å². The number of hydrogen-bond acceptors (Lipinski definition) is 6. The molecule has 2 aromatic heterocycles. The molecule has 0 radical (unpaired) electrons. The number of nitrogens with zero attached hydrogens (tertiary/aromatic N) is 2. The van der Waals surface area contributed by atoms with E-state index in [0.29, 0.717) is 25.1 Å². The van der Waals surface area contributed by atoms with Crippen LogP contribution in [0.4, 0.5) is 11.5 Å². The average molecular weight is 497 g/mol. The molecule has 0 saturated heterocycles. The number of carbonyl (C=O) groups excluding carboxylic acids is 1. The van der Waals surface area contributed by atoms with E-state index in [2.05, 4.69) is 4.98 Å². The molecule has 0 aliphatic rings. The van der Waals surface area contributed by atoms with Crippen LogP contribution in [0.5, 0.6) is 5.75 Å². The molecule has 0 atom stereocenters. The largest absolute Gasteiger partial charge is 0.485 e. The number of furan rings is 1. The molecule has 3 N–H and O–H groups in total. The third-order valence-corrected chi connectivity index (χ3v) is 5.97. The standard InChI is InChI=1S/C27H36N4O5/c1-6-7-13-31-24(28)23(25(32)29-27(31)34)30(14-12-17(2)3)26(33)22-11-9-20(36-22)16-35-21-10-8-18(4)15-19(21)5/h8-11,15,17H,6-7,12-14,16,28H2,1-5H3,(H,29,32,34). The number of aromatic amines is 1. The van der Waals surface area contributed by atoms with Crippen LogP contribution in [-0.2, 0) is 13.2 Å². The van der Waals surface area contributed by atoms with Crippen LogP contribution in [0.15, 0.2) is 44.3 Å². The first kappa shape index (κ1) is 26.8. The molecule has 3 aromatic rings. The summed E-state index contributed by atoms with van der Waals surface area (Å²) in [4.78, 5) is 42.4. The number of aryl methyl sites for hydroxylation is 2. The number of ether oxygens (including phenoxy) is 1. The molecule has 0 saturated carbocycles. The normalized spacial score (nSPS) is 11.2. The summed E-state index contributed by atoms with van der Waals surface area (Å²) in [6, 6.07) is 9.13. The van der Waals surface area contributed by atoms with Gasteiger partial charge in [-0.2, -0.15) is 0 Å². The number of nitrogens with one attached hydrogen (secondary N) is 1. The lowest BCUT2D eigenvalue weighted by Gasteiger charge is -2.24. The Hall–Kier alpha value is -3.75. The van der Waals surface area contributed by atoms with Crippen LogP contribution in [0, 0.1) is 19.8 Å². The third kappa shape index (κ3) is 6.27. The van der Waals surface area contributed by atoms with Crippen molar-refractivity contribution in [1.29, 1.82) is 0 Å². The fourth-order valence-corrected chi connectivity index (χ4v) is 3.89. The van der Waals surface area contributed by atoms with E-state index in [-0.39, 0.29) is 36.3 Å². The summed E-state index contributed by atoms with van der Waals surface area (Å²) in [6.07, 6.45) is 2.18. The molecular formula is C27H36N4O5. The van der Waals surface area contributed by atoms with Crippen molar-refractivity contribution in [2.24, 2.45) is 5.92 Å². The van der Waals surface area contributed by atoms with Crippen molar-refractivity contribution < 1.29 is 13.9 Å². The molecule has 1 amide bonds. The highest BCUT2D eigenvalue weighted by Gasteiger charge is 2.27. The number of unbranched alkanes of at least 4 members (excludes halogenated alkanes) is 1. The van der Waals surface area contributed by atoms with Crippen molar-refractivity contribution >= 4 is 17.4 Å². The van der Waals surface area contributed by atoms with Crippen LogP contribution in [0.2, 0.25) is 0 Å². The van der Waals surface area contributed by atoms with Gasteiger partial charge in [0.25, 0.3) is 11.5 Å². The molecular weight excluding hydrogens is 460 g/mol. The zero-order valence-electron chi connectivity index (χ0n) is 21.7. The number of amides is 1. The van der Waals surface area contributed by atoms with Gasteiger partial charge >= 0.3 is 5.69 Å². The van der Waals surface area contributed by atoms with Gasteiger partial charge in [-0.15, -0.1) is 0 Å². The van der Waals surface area contributed by atoms with E-state index in [9.17, 15) is 14.4 Å². The number of H-pyrrole nitrogens is 1. The van der Waals surface area contributed by atoms with Crippen LogP contribution in [0.1, 0.15) is 67.5 Å². The van der Waals surface area contributed by atoms with Gasteiger partial charge in [0.15, 0.2) is 11.4 Å². The molecule has 9 heteroatoms. The fraction of sp³-hybridized carbons (Fsp3) is 0.444. The molecule has 0 aliphatic heterocycles. The maximum atomic E-state index is 13.5. The number of benzene rings is 1. The maximum Gasteiger partial charge on any atom is 0.330 e. The lowest BCUT2D eigenvalue weighted by Crippen LogP contribution is -2.41. The minimum atomic E-state index is -0.702. The van der Waals surface area contributed by atoms with Crippen LogP contribution >= 0.6 is 0 Å². The molecule has 0 fully saturated rings. The van der Waals surface area contributed by atoms with Gasteiger partial charge in [0, 0.05) is 13.1 Å². The number of nitrogens with two attached hydrogens (primary N) is 1. The number of nitrogen functional groups attached to an aromatic ring is 1. The molecule has 0 unspecified atom stereocenters. The number of hydrogen-bond donors (Lipinski definition) is 2. The van der Waals surface area contributed by atoms with Crippen LogP contribution in [-0.4, -0.2) is 22.0 Å². The molecule has 1 aromatic carbocycles. The molecule has 3 rings (SSSR count). The zero-order chi connectivity index (χ0) is 26.4. The first-order chi connectivity index (χ1) is 17.1. The Balaban J connectivity index is 1.90. The van der Waals surface area contributed by atoms with E-state index in [1.165, 1.54) is 9.47 Å². The summed E-state index contributed by atoms with van der Waals surface area (Å²) in [7, 11) is 0. The highest BCUT2D eigenvalue weighted by molar-refractivity contribution is 6.05. The maximum absolute atomic E-state index is 13.5. The van der Waals surface area contributed by atoms with E-state index in [1.807, 2.05) is 52.8 Å². The minimum absolute atomic E-state index is 0.0285. The van der Waals surface area contributed by atoms with Crippen molar-refractivity contribution in [3.63, 3.8) is 0 Å². The molecule has 36 heavy (non-hydrogen) atoms. The highest BCUT2D eigenvalue weighted by Crippen LogP contribution is 2.24. The van der Waals surface area contributed by atoms with E-state index in [1.54, 1.807) is 12.1 Å². The van der Waals surface area contributed by atoms with Gasteiger partial charge in [0.2, 0.25) is 0 Å². The quantitative estimate of drug-likeness (QED) is 0.405. The van der Waals surface area contributed by atoms with Crippen molar-refractivity contribution in [3.8, 4) is 5.75 Å². The second-order valence-corrected chi connectivity index (χ2v) is 9.46. The summed E-state index contributed by atoms with van der Waals surface area (Å²) in [5.74, 6) is 0.993. The summed E-state index contributed by atoms with van der Waals surface area (Å²) in [5.41, 5.74) is 7.11. The van der Waals surface area contributed by atoms with Gasteiger partial charge in [-0.05, 0) is 56.4 Å². The zero-order valence-corrected chi connectivity index (χ0v) is 21.7. The third-order valence-electron chi connectivity index (χ3n) is 5.97. The smallest absolute Gasteiger partial charge is 0.330 e. The molecule has 194 valence electrons. The summed E-state index contributed by atoms with van der Waals surface area (Å²) in [5, 5.41) is 0. The van der Waals surface area contributed by atoms with Gasteiger partial charge < -0.3 is 14.9 Å². The van der Waals surface area contributed by atoms with E-state index >= 15 is 0 Å². The average Bonchev–Trinajstić information content (AvgIpc) is 3.29. The lowest BCUT2D eigenvalue weighted by molar-refractivity contribution is 0.0954. The SMILES string of the molecule is CCCCn1c(N)c(N(CCC(C)C)C(=O)c2ccc(COc3ccc(C)cc3C)o2)c(=O)[nH]c1=O. The van der Waals surface area contributed by atoms with Crippen LogP contribution < -0.4 is 26.6 Å². The second-order valence-electron chi connectivity index (χ2n) is 9.46.